The zero-order valence-corrected chi connectivity index (χ0v) is 16.4. The van der Waals surface area contributed by atoms with E-state index >= 15 is 0 Å². The van der Waals surface area contributed by atoms with Crippen molar-refractivity contribution in [2.24, 2.45) is 0 Å². The molecule has 1 aromatic carbocycles. The quantitative estimate of drug-likeness (QED) is 0.826. The van der Waals surface area contributed by atoms with E-state index in [4.69, 9.17) is 11.6 Å². The maximum atomic E-state index is 13.1. The maximum Gasteiger partial charge on any atom is 0.223 e. The highest BCUT2D eigenvalue weighted by Gasteiger charge is 2.54. The second-order valence-electron chi connectivity index (χ2n) is 8.30. The molecule has 2 bridgehead atoms. The lowest BCUT2D eigenvalue weighted by Gasteiger charge is -2.58. The molecule has 5 heteroatoms. The Morgan fingerprint density at radius 3 is 2.85 bits per heavy atom. The summed E-state index contributed by atoms with van der Waals surface area (Å²) in [4.78, 5) is 18.5. The van der Waals surface area contributed by atoms with Gasteiger partial charge in [-0.25, -0.2) is 0 Å². The van der Waals surface area contributed by atoms with Gasteiger partial charge in [-0.1, -0.05) is 25.4 Å². The molecule has 3 aliphatic rings. The predicted molar refractivity (Wildman–Crippen MR) is 105 cm³/mol. The Morgan fingerprint density at radius 1 is 1.42 bits per heavy atom. The second kappa shape index (κ2) is 6.28. The maximum absolute atomic E-state index is 13.1. The molecule has 1 saturated carbocycles. The van der Waals surface area contributed by atoms with Crippen molar-refractivity contribution < 1.29 is 9.90 Å². The number of aliphatic hydroxyl groups is 1. The first-order valence-electron chi connectivity index (χ1n) is 9.62. The van der Waals surface area contributed by atoms with Crippen LogP contribution in [0.3, 0.4) is 0 Å². The van der Waals surface area contributed by atoms with Gasteiger partial charge in [-0.05, 0) is 61.8 Å². The number of nitrogens with zero attached hydrogens (tertiary/aromatic N) is 1. The van der Waals surface area contributed by atoms with Gasteiger partial charge in [-0.15, -0.1) is 0 Å². The molecule has 2 N–H and O–H groups in total. The number of halogens is 1. The van der Waals surface area contributed by atoms with Gasteiger partial charge < -0.3 is 15.0 Å². The summed E-state index contributed by atoms with van der Waals surface area (Å²) in [5.41, 5.74) is 2.77. The van der Waals surface area contributed by atoms with Gasteiger partial charge in [0.2, 0.25) is 5.91 Å². The van der Waals surface area contributed by atoms with E-state index in [-0.39, 0.29) is 23.9 Å². The average Bonchev–Trinajstić information content (AvgIpc) is 3.01. The molecule has 1 amide bonds. The Morgan fingerprint density at radius 2 is 2.15 bits per heavy atom. The first-order chi connectivity index (χ1) is 12.3. The molecular formula is C21H27ClN2O2. The first kappa shape index (κ1) is 17.9. The average molecular weight is 375 g/mol. The first-order valence-corrected chi connectivity index (χ1v) is 10.0. The topological polar surface area (TPSA) is 56.3 Å². The monoisotopic (exact) mass is 374 g/mol. The third kappa shape index (κ3) is 2.74. The number of hydrogen-bond acceptors (Lipinski definition) is 2. The van der Waals surface area contributed by atoms with Crippen LogP contribution in [0.15, 0.2) is 18.3 Å². The number of H-pyrrole nitrogens is 1. The van der Waals surface area contributed by atoms with Crippen LogP contribution >= 0.6 is 11.6 Å². The van der Waals surface area contributed by atoms with Gasteiger partial charge in [0.25, 0.3) is 0 Å². The molecule has 0 spiro atoms. The van der Waals surface area contributed by atoms with Crippen LogP contribution in [0.4, 0.5) is 0 Å². The molecule has 2 aliphatic heterocycles. The predicted octanol–water partition coefficient (Wildman–Crippen LogP) is 4.53. The smallest absolute Gasteiger partial charge is 0.223 e. The molecule has 2 unspecified atom stereocenters. The Balaban J connectivity index is 1.56. The van der Waals surface area contributed by atoms with E-state index in [2.05, 4.69) is 23.7 Å². The van der Waals surface area contributed by atoms with Crippen LogP contribution in [0.5, 0.6) is 0 Å². The highest BCUT2D eigenvalue weighted by Crippen LogP contribution is 2.47. The van der Waals surface area contributed by atoms with Crippen molar-refractivity contribution in [3.8, 4) is 0 Å². The third-order valence-corrected chi connectivity index (χ3v) is 6.88. The summed E-state index contributed by atoms with van der Waals surface area (Å²) in [5, 5.41) is 12.3. The fraction of sp³-hybridized carbons (Fsp3) is 0.571. The lowest BCUT2D eigenvalue weighted by molar-refractivity contribution is -0.178. The van der Waals surface area contributed by atoms with Crippen molar-refractivity contribution in [2.75, 3.05) is 0 Å². The molecule has 2 atom stereocenters. The molecule has 2 aromatic rings. The second-order valence-corrected chi connectivity index (χ2v) is 8.70. The standard InChI is InChI=1S/C21H27ClN2O2/c1-4-14-8-21(26)9-15(10-21)24(14)19(25)7-12(2)16-11-23-18-6-5-17(22)13(3)20(16)18/h5-6,11-12,14-15,23,26H,4,7-10H2,1-3H3. The van der Waals surface area contributed by atoms with Crippen LogP contribution in [-0.4, -0.2) is 38.6 Å². The molecular weight excluding hydrogens is 348 g/mol. The van der Waals surface area contributed by atoms with Gasteiger partial charge in [-0.3, -0.25) is 4.79 Å². The normalized spacial score (nSPS) is 28.9. The number of nitrogens with one attached hydrogen (secondary N) is 1. The zero-order valence-electron chi connectivity index (χ0n) is 15.7. The van der Waals surface area contributed by atoms with E-state index in [0.29, 0.717) is 6.42 Å². The van der Waals surface area contributed by atoms with Gasteiger partial charge in [-0.2, -0.15) is 0 Å². The van der Waals surface area contributed by atoms with Crippen LogP contribution in [0.25, 0.3) is 10.9 Å². The van der Waals surface area contributed by atoms with E-state index in [1.54, 1.807) is 0 Å². The highest BCUT2D eigenvalue weighted by atomic mass is 35.5. The summed E-state index contributed by atoms with van der Waals surface area (Å²) in [5.74, 6) is 0.331. The minimum Gasteiger partial charge on any atom is -0.390 e. The molecule has 4 nitrogen and oxygen atoms in total. The lowest BCUT2D eigenvalue weighted by Crippen LogP contribution is -2.67. The van der Waals surface area contributed by atoms with E-state index in [0.717, 1.165) is 52.7 Å². The third-order valence-electron chi connectivity index (χ3n) is 6.48. The summed E-state index contributed by atoms with van der Waals surface area (Å²) in [7, 11) is 0. The van der Waals surface area contributed by atoms with Crippen molar-refractivity contribution in [3.05, 3.63) is 34.5 Å². The molecule has 26 heavy (non-hydrogen) atoms. The van der Waals surface area contributed by atoms with E-state index < -0.39 is 5.60 Å². The fourth-order valence-electron chi connectivity index (χ4n) is 5.04. The number of aromatic nitrogens is 1. The molecule has 3 fully saturated rings. The van der Waals surface area contributed by atoms with Crippen LogP contribution in [0, 0.1) is 6.92 Å². The van der Waals surface area contributed by atoms with Crippen LogP contribution in [0.1, 0.15) is 63.0 Å². The lowest BCUT2D eigenvalue weighted by atomic mass is 9.66. The largest absolute Gasteiger partial charge is 0.390 e. The Kier molecular flexibility index (Phi) is 4.31. The number of rotatable bonds is 4. The van der Waals surface area contributed by atoms with Crippen molar-refractivity contribution in [2.45, 2.75) is 76.5 Å². The minimum atomic E-state index is -0.515. The number of benzene rings is 1. The number of aromatic amines is 1. The molecule has 1 aromatic heterocycles. The summed E-state index contributed by atoms with van der Waals surface area (Å²) >= 11 is 6.31. The molecule has 3 heterocycles. The Labute approximate surface area is 159 Å². The van der Waals surface area contributed by atoms with Crippen molar-refractivity contribution in [3.63, 3.8) is 0 Å². The summed E-state index contributed by atoms with van der Waals surface area (Å²) < 4.78 is 0. The highest BCUT2D eigenvalue weighted by molar-refractivity contribution is 6.32. The number of amides is 1. The molecule has 0 radical (unpaired) electrons. The minimum absolute atomic E-state index is 0.117. The van der Waals surface area contributed by atoms with Crippen molar-refractivity contribution >= 4 is 28.4 Å². The van der Waals surface area contributed by atoms with Crippen molar-refractivity contribution in [1.82, 2.24) is 9.88 Å². The SMILES string of the molecule is CCC1CC2(O)CC(C2)N1C(=O)CC(C)c1c[nH]c2ccc(Cl)c(C)c12. The Hall–Kier alpha value is -1.52. The molecule has 140 valence electrons. The van der Waals surface area contributed by atoms with Gasteiger partial charge >= 0.3 is 0 Å². The van der Waals surface area contributed by atoms with Gasteiger partial charge in [0.1, 0.15) is 0 Å². The molecule has 5 rings (SSSR count). The van der Waals surface area contributed by atoms with Crippen LogP contribution in [-0.2, 0) is 4.79 Å². The summed E-state index contributed by atoms with van der Waals surface area (Å²) in [6, 6.07) is 4.30. The van der Waals surface area contributed by atoms with Gasteiger partial charge in [0.05, 0.1) is 5.60 Å². The summed E-state index contributed by atoms with van der Waals surface area (Å²) in [6.45, 7) is 6.25. The van der Waals surface area contributed by atoms with Crippen LogP contribution < -0.4 is 0 Å². The van der Waals surface area contributed by atoms with Gasteiger partial charge in [0.15, 0.2) is 0 Å². The summed E-state index contributed by atoms with van der Waals surface area (Å²) in [6.07, 6.45) is 5.62. The zero-order chi connectivity index (χ0) is 18.6. The molecule has 1 aliphatic carbocycles. The fourth-order valence-corrected chi connectivity index (χ4v) is 5.19. The van der Waals surface area contributed by atoms with E-state index in [9.17, 15) is 9.90 Å². The van der Waals surface area contributed by atoms with E-state index in [1.807, 2.05) is 25.3 Å². The number of carbonyl (C=O) groups excluding carboxylic acids is 1. The number of hydrogen-bond donors (Lipinski definition) is 2. The molecule has 2 saturated heterocycles. The van der Waals surface area contributed by atoms with Crippen LogP contribution in [0.2, 0.25) is 5.02 Å². The number of piperidine rings is 2. The number of fused-ring (bicyclic) bond motifs is 3. The number of carbonyl (C=O) groups is 1. The van der Waals surface area contributed by atoms with Crippen molar-refractivity contribution in [1.29, 1.82) is 0 Å². The Bertz CT molecular complexity index is 853. The van der Waals surface area contributed by atoms with Gasteiger partial charge in [0, 0.05) is 40.6 Å². The van der Waals surface area contributed by atoms with E-state index in [1.165, 1.54) is 0 Å². The number of aryl methyl sites for hydroxylation is 1.